The summed E-state index contributed by atoms with van der Waals surface area (Å²) in [7, 11) is 0. The first-order valence-electron chi connectivity index (χ1n) is 9.82. The number of benzene rings is 1. The van der Waals surface area contributed by atoms with Crippen LogP contribution >= 0.6 is 23.1 Å². The Kier molecular flexibility index (Phi) is 6.16. The summed E-state index contributed by atoms with van der Waals surface area (Å²) in [6.45, 7) is 5.93. The lowest BCUT2D eigenvalue weighted by molar-refractivity contribution is 0.102. The molecule has 1 N–H and O–H groups in total. The Bertz CT molecular complexity index is 1010. The van der Waals surface area contributed by atoms with E-state index in [0.29, 0.717) is 5.56 Å². The number of carbonyl (C=O) groups is 1. The molecule has 1 aliphatic rings. The number of hydrogen-bond donors (Lipinski definition) is 1. The van der Waals surface area contributed by atoms with Crippen molar-refractivity contribution in [2.75, 3.05) is 23.3 Å². The third kappa shape index (κ3) is 4.79. The number of nitrogens with one attached hydrogen (secondary N) is 1. The molecule has 1 aromatic carbocycles. The molecular weight excluding hydrogens is 400 g/mol. The fraction of sp³-hybridized carbons (Fsp3) is 0.318. The van der Waals surface area contributed by atoms with Crippen molar-refractivity contribution in [2.45, 2.75) is 42.3 Å². The van der Waals surface area contributed by atoms with Gasteiger partial charge < -0.3 is 10.2 Å². The predicted molar refractivity (Wildman–Crippen MR) is 120 cm³/mol. The highest BCUT2D eigenvalue weighted by Gasteiger charge is 2.20. The van der Waals surface area contributed by atoms with Crippen LogP contribution in [0.15, 0.2) is 51.1 Å². The molecule has 0 unspecified atom stereocenters. The molecule has 2 aromatic heterocycles. The molecule has 3 heterocycles. The fourth-order valence-corrected chi connectivity index (χ4v) is 5.35. The van der Waals surface area contributed by atoms with E-state index < -0.39 is 0 Å². The molecule has 0 spiro atoms. The molecule has 0 bridgehead atoms. The molecule has 1 fully saturated rings. The number of amides is 1. The minimum absolute atomic E-state index is 0.113. The minimum atomic E-state index is -0.113. The van der Waals surface area contributed by atoms with Crippen LogP contribution in [0.3, 0.4) is 0 Å². The van der Waals surface area contributed by atoms with Gasteiger partial charge in [0.25, 0.3) is 5.91 Å². The third-order valence-electron chi connectivity index (χ3n) is 4.94. The molecule has 0 atom stereocenters. The minimum Gasteiger partial charge on any atom is -0.356 e. The van der Waals surface area contributed by atoms with Crippen LogP contribution in [0.5, 0.6) is 0 Å². The number of thiazole rings is 1. The number of aryl methyl sites for hydroxylation is 2. The van der Waals surface area contributed by atoms with Crippen molar-refractivity contribution in [1.29, 1.82) is 0 Å². The smallest absolute Gasteiger partial charge is 0.259 e. The number of pyridine rings is 1. The maximum atomic E-state index is 13.0. The summed E-state index contributed by atoms with van der Waals surface area (Å²) in [6, 6.07) is 9.76. The van der Waals surface area contributed by atoms with Gasteiger partial charge in [-0.1, -0.05) is 11.8 Å². The molecule has 150 valence electrons. The van der Waals surface area contributed by atoms with Gasteiger partial charge in [-0.05, 0) is 69.0 Å². The van der Waals surface area contributed by atoms with Gasteiger partial charge >= 0.3 is 0 Å². The van der Waals surface area contributed by atoms with Crippen molar-refractivity contribution in [3.63, 3.8) is 0 Å². The normalized spacial score (nSPS) is 14.1. The first kappa shape index (κ1) is 19.9. The van der Waals surface area contributed by atoms with Crippen molar-refractivity contribution in [1.82, 2.24) is 9.97 Å². The second-order valence-electron chi connectivity index (χ2n) is 7.21. The van der Waals surface area contributed by atoms with Crippen LogP contribution in [0.4, 0.5) is 11.5 Å². The number of anilines is 2. The molecule has 1 saturated heterocycles. The van der Waals surface area contributed by atoms with Gasteiger partial charge in [-0.3, -0.25) is 4.79 Å². The van der Waals surface area contributed by atoms with E-state index in [1.165, 1.54) is 6.42 Å². The second-order valence-corrected chi connectivity index (χ2v) is 9.39. The molecule has 0 saturated carbocycles. The Hall–Kier alpha value is -2.38. The zero-order valence-electron chi connectivity index (χ0n) is 16.6. The highest BCUT2D eigenvalue weighted by atomic mass is 32.2. The molecule has 1 amide bonds. The first-order chi connectivity index (χ1) is 14.1. The Morgan fingerprint density at radius 1 is 1.17 bits per heavy atom. The van der Waals surface area contributed by atoms with Crippen LogP contribution < -0.4 is 10.2 Å². The van der Waals surface area contributed by atoms with Crippen molar-refractivity contribution in [3.8, 4) is 0 Å². The van der Waals surface area contributed by atoms with Gasteiger partial charge in [-0.15, -0.1) is 11.3 Å². The summed E-state index contributed by atoms with van der Waals surface area (Å²) >= 11 is 3.29. The largest absolute Gasteiger partial charge is 0.356 e. The zero-order valence-corrected chi connectivity index (χ0v) is 18.3. The van der Waals surface area contributed by atoms with Crippen LogP contribution in [0.25, 0.3) is 0 Å². The number of aromatic nitrogens is 2. The van der Waals surface area contributed by atoms with Crippen LogP contribution in [0.2, 0.25) is 0 Å². The van der Waals surface area contributed by atoms with Crippen molar-refractivity contribution in [3.05, 3.63) is 58.7 Å². The summed E-state index contributed by atoms with van der Waals surface area (Å²) < 4.78 is 1.03. The summed E-state index contributed by atoms with van der Waals surface area (Å²) in [5.74, 6) is 0.673. The molecule has 29 heavy (non-hydrogen) atoms. The van der Waals surface area contributed by atoms with E-state index in [-0.39, 0.29) is 5.91 Å². The Morgan fingerprint density at radius 3 is 2.72 bits per heavy atom. The van der Waals surface area contributed by atoms with E-state index in [4.69, 9.17) is 0 Å². The number of hydrogen-bond acceptors (Lipinski definition) is 6. The predicted octanol–water partition coefficient (Wildman–Crippen LogP) is 5.55. The molecule has 4 rings (SSSR count). The third-order valence-corrected chi connectivity index (χ3v) is 6.98. The lowest BCUT2D eigenvalue weighted by atomic mass is 10.1. The Labute approximate surface area is 179 Å². The average Bonchev–Trinajstić information content (AvgIpc) is 3.15. The van der Waals surface area contributed by atoms with Gasteiger partial charge in [0.15, 0.2) is 4.34 Å². The fourth-order valence-electron chi connectivity index (χ4n) is 3.44. The van der Waals surface area contributed by atoms with E-state index >= 15 is 0 Å². The lowest BCUT2D eigenvalue weighted by Crippen LogP contribution is -2.32. The van der Waals surface area contributed by atoms with Crippen molar-refractivity contribution < 1.29 is 4.79 Å². The SMILES string of the molecule is Cc1csc(Sc2ccc(NC(=O)c3cccnc3N3CCCCC3)c(C)c2)n1. The molecular formula is C22H24N4OS2. The molecule has 5 nitrogen and oxygen atoms in total. The maximum absolute atomic E-state index is 13.0. The highest BCUT2D eigenvalue weighted by Crippen LogP contribution is 2.32. The molecule has 0 radical (unpaired) electrons. The van der Waals surface area contributed by atoms with Gasteiger partial charge in [0.2, 0.25) is 0 Å². The molecule has 7 heteroatoms. The number of carbonyl (C=O) groups excluding carboxylic acids is 1. The van der Waals surface area contributed by atoms with E-state index in [2.05, 4.69) is 31.6 Å². The summed E-state index contributed by atoms with van der Waals surface area (Å²) in [6.07, 6.45) is 5.30. The van der Waals surface area contributed by atoms with Gasteiger partial charge in [0.1, 0.15) is 5.82 Å². The van der Waals surface area contributed by atoms with Crippen molar-refractivity contribution >= 4 is 40.5 Å². The van der Waals surface area contributed by atoms with Crippen LogP contribution in [0, 0.1) is 13.8 Å². The molecule has 3 aromatic rings. The number of piperidine rings is 1. The van der Waals surface area contributed by atoms with Crippen molar-refractivity contribution in [2.24, 2.45) is 0 Å². The first-order valence-corrected chi connectivity index (χ1v) is 11.5. The van der Waals surface area contributed by atoms with Gasteiger partial charge in [-0.25, -0.2) is 9.97 Å². The summed E-state index contributed by atoms with van der Waals surface area (Å²) in [5.41, 5.74) is 3.52. The summed E-state index contributed by atoms with van der Waals surface area (Å²) in [4.78, 5) is 25.4. The van der Waals surface area contributed by atoms with Gasteiger partial charge in [0, 0.05) is 40.9 Å². The molecule has 1 aliphatic heterocycles. The standard InChI is InChI=1S/C22H24N4OS2/c1-15-13-17(29-22-24-16(2)14-28-22)8-9-19(15)25-21(27)18-7-6-10-23-20(18)26-11-4-3-5-12-26/h6-10,13-14H,3-5,11-12H2,1-2H3,(H,25,27). The van der Waals surface area contributed by atoms with E-state index in [1.807, 2.05) is 38.1 Å². The lowest BCUT2D eigenvalue weighted by Gasteiger charge is -2.29. The number of nitrogens with zero attached hydrogens (tertiary/aromatic N) is 3. The van der Waals surface area contributed by atoms with E-state index in [9.17, 15) is 4.79 Å². The quantitative estimate of drug-likeness (QED) is 0.582. The van der Waals surface area contributed by atoms with Crippen LogP contribution in [-0.4, -0.2) is 29.0 Å². The van der Waals surface area contributed by atoms with Gasteiger partial charge in [0.05, 0.1) is 5.56 Å². The Balaban J connectivity index is 1.50. The second kappa shape index (κ2) is 8.97. The highest BCUT2D eigenvalue weighted by molar-refractivity contribution is 8.01. The maximum Gasteiger partial charge on any atom is 0.259 e. The van der Waals surface area contributed by atoms with Crippen LogP contribution in [0.1, 0.15) is 40.9 Å². The van der Waals surface area contributed by atoms with Gasteiger partial charge in [-0.2, -0.15) is 0 Å². The Morgan fingerprint density at radius 2 is 2.00 bits per heavy atom. The molecule has 0 aliphatic carbocycles. The monoisotopic (exact) mass is 424 g/mol. The zero-order chi connectivity index (χ0) is 20.2. The van der Waals surface area contributed by atoms with E-state index in [0.717, 1.165) is 57.9 Å². The topological polar surface area (TPSA) is 58.1 Å². The van der Waals surface area contributed by atoms with E-state index in [1.54, 1.807) is 29.3 Å². The van der Waals surface area contributed by atoms with Crippen LogP contribution in [-0.2, 0) is 0 Å². The number of rotatable bonds is 5. The average molecular weight is 425 g/mol. The summed E-state index contributed by atoms with van der Waals surface area (Å²) in [5, 5.41) is 5.13.